The predicted octanol–water partition coefficient (Wildman–Crippen LogP) is 3.46. The number of alkyl halides is 3. The summed E-state index contributed by atoms with van der Waals surface area (Å²) in [4.78, 5) is 13.7. The Hall–Kier alpha value is -2.79. The highest BCUT2D eigenvalue weighted by Gasteiger charge is 2.31. The molecule has 0 aromatic heterocycles. The van der Waals surface area contributed by atoms with E-state index in [4.69, 9.17) is 5.14 Å². The number of rotatable bonds is 5. The van der Waals surface area contributed by atoms with Gasteiger partial charge in [0.15, 0.2) is 0 Å². The molecule has 2 rings (SSSR count). The van der Waals surface area contributed by atoms with E-state index < -0.39 is 34.2 Å². The van der Waals surface area contributed by atoms with Gasteiger partial charge in [0.2, 0.25) is 10.0 Å². The van der Waals surface area contributed by atoms with Crippen LogP contribution in [0.2, 0.25) is 0 Å². The van der Waals surface area contributed by atoms with Gasteiger partial charge in [0.05, 0.1) is 10.9 Å². The predicted molar refractivity (Wildman–Crippen MR) is 96.1 cm³/mol. The molecule has 0 radical (unpaired) electrons. The number of sulfonamides is 1. The van der Waals surface area contributed by atoms with E-state index in [1.54, 1.807) is 6.92 Å². The van der Waals surface area contributed by atoms with Crippen LogP contribution in [-0.2, 0) is 10.0 Å². The Balaban J connectivity index is 2.03. The van der Waals surface area contributed by atoms with Crippen molar-refractivity contribution in [2.75, 3.05) is 12.4 Å². The lowest BCUT2D eigenvalue weighted by Crippen LogP contribution is -2.33. The topological polar surface area (TPSA) is 102 Å². The molecule has 1 unspecified atom stereocenters. The molecule has 0 heterocycles. The molecule has 0 bridgehead atoms. The lowest BCUT2D eigenvalue weighted by Gasteiger charge is -2.25. The second-order valence-corrected chi connectivity index (χ2v) is 7.46. The maximum Gasteiger partial charge on any atom is 0.573 e. The van der Waals surface area contributed by atoms with Gasteiger partial charge in [0.1, 0.15) is 5.75 Å². The Morgan fingerprint density at radius 2 is 1.64 bits per heavy atom. The van der Waals surface area contributed by atoms with Crippen molar-refractivity contribution in [3.63, 3.8) is 0 Å². The summed E-state index contributed by atoms with van der Waals surface area (Å²) < 4.78 is 62.8. The number of urea groups is 1. The van der Waals surface area contributed by atoms with Crippen LogP contribution >= 0.6 is 0 Å². The Kier molecular flexibility index (Phi) is 6.20. The summed E-state index contributed by atoms with van der Waals surface area (Å²) in [6.45, 7) is 1.73. The Bertz CT molecular complexity index is 930. The van der Waals surface area contributed by atoms with Gasteiger partial charge >= 0.3 is 12.4 Å². The molecule has 152 valence electrons. The van der Waals surface area contributed by atoms with Crippen molar-refractivity contribution in [2.45, 2.75) is 24.2 Å². The van der Waals surface area contributed by atoms with Crippen molar-refractivity contribution in [1.82, 2.24) is 4.90 Å². The maximum absolute atomic E-state index is 12.4. The molecular weight excluding hydrogens is 399 g/mol. The third-order valence-electron chi connectivity index (χ3n) is 3.93. The summed E-state index contributed by atoms with van der Waals surface area (Å²) in [6.07, 6.45) is -4.79. The van der Waals surface area contributed by atoms with Crippen LogP contribution < -0.4 is 15.2 Å². The van der Waals surface area contributed by atoms with Crippen molar-refractivity contribution in [3.8, 4) is 5.75 Å². The van der Waals surface area contributed by atoms with E-state index >= 15 is 0 Å². The summed E-state index contributed by atoms with van der Waals surface area (Å²) in [7, 11) is -2.29. The van der Waals surface area contributed by atoms with Gasteiger partial charge < -0.3 is 15.0 Å². The van der Waals surface area contributed by atoms with Crippen molar-refractivity contribution < 1.29 is 31.1 Å². The van der Waals surface area contributed by atoms with Crippen molar-refractivity contribution in [2.24, 2.45) is 5.14 Å². The van der Waals surface area contributed by atoms with E-state index in [1.165, 1.54) is 48.3 Å². The highest BCUT2D eigenvalue weighted by molar-refractivity contribution is 7.89. The molecule has 0 saturated carbocycles. The zero-order valence-corrected chi connectivity index (χ0v) is 15.7. The number of halogens is 3. The van der Waals surface area contributed by atoms with E-state index in [2.05, 4.69) is 10.1 Å². The largest absolute Gasteiger partial charge is 0.573 e. The van der Waals surface area contributed by atoms with Crippen LogP contribution in [0.5, 0.6) is 5.75 Å². The van der Waals surface area contributed by atoms with Crippen LogP contribution in [0.15, 0.2) is 53.4 Å². The smallest absolute Gasteiger partial charge is 0.406 e. The lowest BCUT2D eigenvalue weighted by molar-refractivity contribution is -0.274. The summed E-state index contributed by atoms with van der Waals surface area (Å²) in [5.41, 5.74) is 0.946. The fourth-order valence-corrected chi connectivity index (χ4v) is 2.80. The number of hydrogen-bond donors (Lipinski definition) is 2. The van der Waals surface area contributed by atoms with Gasteiger partial charge in [-0.3, -0.25) is 0 Å². The summed E-state index contributed by atoms with van der Waals surface area (Å²) in [6, 6.07) is 9.55. The van der Waals surface area contributed by atoms with Crippen LogP contribution in [0.1, 0.15) is 18.5 Å². The van der Waals surface area contributed by atoms with Gasteiger partial charge in [0, 0.05) is 12.7 Å². The Morgan fingerprint density at radius 3 is 2.11 bits per heavy atom. The van der Waals surface area contributed by atoms with E-state index in [9.17, 15) is 26.4 Å². The number of primary sulfonamides is 1. The average Bonchev–Trinajstić information content (AvgIpc) is 2.60. The van der Waals surface area contributed by atoms with Crippen LogP contribution in [0.25, 0.3) is 0 Å². The number of carbonyl (C=O) groups is 1. The van der Waals surface area contributed by atoms with E-state index in [1.807, 2.05) is 0 Å². The van der Waals surface area contributed by atoms with Crippen LogP contribution in [0.4, 0.5) is 23.7 Å². The number of ether oxygens (including phenoxy) is 1. The normalized spacial score (nSPS) is 12.9. The number of nitrogens with one attached hydrogen (secondary N) is 1. The first-order chi connectivity index (χ1) is 12.9. The summed E-state index contributed by atoms with van der Waals surface area (Å²) in [5, 5.41) is 7.60. The monoisotopic (exact) mass is 417 g/mol. The molecule has 3 N–H and O–H groups in total. The number of nitrogens with two attached hydrogens (primary N) is 1. The fourth-order valence-electron chi connectivity index (χ4n) is 2.29. The van der Waals surface area contributed by atoms with Gasteiger partial charge in [-0.15, -0.1) is 13.2 Å². The lowest BCUT2D eigenvalue weighted by atomic mass is 10.1. The van der Waals surface area contributed by atoms with E-state index in [0.717, 1.165) is 12.1 Å². The minimum atomic E-state index is -4.79. The molecule has 2 aromatic carbocycles. The Labute approximate surface area is 159 Å². The van der Waals surface area contributed by atoms with Gasteiger partial charge in [-0.2, -0.15) is 0 Å². The third-order valence-corrected chi connectivity index (χ3v) is 4.86. The quantitative estimate of drug-likeness (QED) is 0.778. The van der Waals surface area contributed by atoms with Crippen molar-refractivity contribution >= 4 is 21.7 Å². The van der Waals surface area contributed by atoms with Crippen molar-refractivity contribution in [1.29, 1.82) is 0 Å². The molecule has 0 fully saturated rings. The van der Waals surface area contributed by atoms with Gasteiger partial charge in [0.25, 0.3) is 0 Å². The van der Waals surface area contributed by atoms with Crippen molar-refractivity contribution in [3.05, 3.63) is 54.1 Å². The molecule has 0 saturated heterocycles. The average molecular weight is 417 g/mol. The molecule has 7 nitrogen and oxygen atoms in total. The number of hydrogen-bond acceptors (Lipinski definition) is 4. The molecule has 28 heavy (non-hydrogen) atoms. The molecule has 2 amide bonds. The second kappa shape index (κ2) is 8.07. The zero-order chi connectivity index (χ0) is 21.1. The standard InChI is InChI=1S/C17H18F3N3O4S/c1-11(12-3-9-15(10-4-12)28(21,25)26)23(2)16(24)22-13-5-7-14(8-6-13)27-17(18,19)20/h3-11H,1-2H3,(H,22,24)(H2,21,25,26). The number of nitrogens with zero attached hydrogens (tertiary/aromatic N) is 1. The molecule has 2 aromatic rings. The maximum atomic E-state index is 12.4. The van der Waals surface area contributed by atoms with E-state index in [0.29, 0.717) is 5.56 Å². The second-order valence-electron chi connectivity index (χ2n) is 5.90. The minimum Gasteiger partial charge on any atom is -0.406 e. The highest BCUT2D eigenvalue weighted by Crippen LogP contribution is 2.25. The first kappa shape index (κ1) is 21.5. The Morgan fingerprint density at radius 1 is 1.11 bits per heavy atom. The molecule has 1 atom stereocenters. The van der Waals surface area contributed by atoms with Gasteiger partial charge in [-0.1, -0.05) is 12.1 Å². The SMILES string of the molecule is CC(c1ccc(S(N)(=O)=O)cc1)N(C)C(=O)Nc1ccc(OC(F)(F)F)cc1. The number of anilines is 1. The molecular formula is C17H18F3N3O4S. The van der Waals surface area contributed by atoms with Crippen LogP contribution in [0.3, 0.4) is 0 Å². The fraction of sp³-hybridized carbons (Fsp3) is 0.235. The van der Waals surface area contributed by atoms with Crippen LogP contribution in [-0.4, -0.2) is 32.8 Å². The number of amides is 2. The number of carbonyl (C=O) groups excluding carboxylic acids is 1. The summed E-state index contributed by atoms with van der Waals surface area (Å²) in [5.74, 6) is -0.401. The van der Waals surface area contributed by atoms with E-state index in [-0.39, 0.29) is 10.6 Å². The zero-order valence-electron chi connectivity index (χ0n) is 14.9. The number of benzene rings is 2. The minimum absolute atomic E-state index is 0.0447. The molecule has 0 aliphatic rings. The van der Waals surface area contributed by atoms with Gasteiger partial charge in [-0.05, 0) is 48.9 Å². The first-order valence-corrected chi connectivity index (χ1v) is 9.44. The summed E-state index contributed by atoms with van der Waals surface area (Å²) >= 11 is 0. The van der Waals surface area contributed by atoms with Gasteiger partial charge in [-0.25, -0.2) is 18.4 Å². The first-order valence-electron chi connectivity index (χ1n) is 7.89. The highest BCUT2D eigenvalue weighted by atomic mass is 32.2. The molecule has 11 heteroatoms. The molecule has 0 spiro atoms. The van der Waals surface area contributed by atoms with Crippen LogP contribution in [0, 0.1) is 0 Å². The third kappa shape index (κ3) is 5.86. The molecule has 0 aliphatic carbocycles. The molecule has 0 aliphatic heterocycles.